The molecule has 1 aromatic rings. The molecule has 1 aliphatic rings. The molecule has 2 nitrogen and oxygen atoms in total. The molecule has 2 rings (SSSR count). The van der Waals surface area contributed by atoms with Gasteiger partial charge in [0.15, 0.2) is 0 Å². The van der Waals surface area contributed by atoms with Crippen LogP contribution in [0.5, 0.6) is 0 Å². The van der Waals surface area contributed by atoms with E-state index in [4.69, 9.17) is 5.73 Å². The van der Waals surface area contributed by atoms with Crippen LogP contribution in [0.3, 0.4) is 0 Å². The Balaban J connectivity index is 0.000000845. The van der Waals surface area contributed by atoms with Gasteiger partial charge >= 0.3 is 0 Å². The lowest BCUT2D eigenvalue weighted by Crippen LogP contribution is -2.26. The minimum absolute atomic E-state index is 0. The second-order valence-electron chi connectivity index (χ2n) is 3.52. The van der Waals surface area contributed by atoms with Gasteiger partial charge in [-0.2, -0.15) is 0 Å². The monoisotopic (exact) mass is 198 g/mol. The predicted octanol–water partition coefficient (Wildman–Crippen LogP) is 1.68. The zero-order valence-electron chi connectivity index (χ0n) is 7.79. The second-order valence-corrected chi connectivity index (χ2v) is 3.52. The lowest BCUT2D eigenvalue weighted by molar-refractivity contribution is 0.313. The topological polar surface area (TPSA) is 29.3 Å². The van der Waals surface area contributed by atoms with Gasteiger partial charge in [0.1, 0.15) is 0 Å². The summed E-state index contributed by atoms with van der Waals surface area (Å²) in [6.45, 7) is 2.21. The second kappa shape index (κ2) is 3.99. The average Bonchev–Trinajstić information content (AvgIpc) is 2.05. The lowest BCUT2D eigenvalue weighted by atomic mass is 10.00. The van der Waals surface area contributed by atoms with E-state index in [0.717, 1.165) is 25.2 Å². The summed E-state index contributed by atoms with van der Waals surface area (Å²) in [6.07, 6.45) is 1.14. The summed E-state index contributed by atoms with van der Waals surface area (Å²) in [5, 5.41) is 0. The summed E-state index contributed by atoms with van der Waals surface area (Å²) in [6, 6.07) is 6.22. The molecule has 2 N–H and O–H groups in total. The van der Waals surface area contributed by atoms with E-state index in [-0.39, 0.29) is 12.4 Å². The van der Waals surface area contributed by atoms with Gasteiger partial charge in [-0.3, -0.25) is 0 Å². The lowest BCUT2D eigenvalue weighted by Gasteiger charge is -2.24. The van der Waals surface area contributed by atoms with Crippen molar-refractivity contribution in [1.82, 2.24) is 4.90 Å². The molecule has 1 aromatic carbocycles. The van der Waals surface area contributed by atoms with Crippen LogP contribution in [0.25, 0.3) is 0 Å². The number of anilines is 1. The number of hydrogen-bond donors (Lipinski definition) is 1. The zero-order chi connectivity index (χ0) is 8.55. The Kier molecular flexibility index (Phi) is 3.17. The quantitative estimate of drug-likeness (QED) is 0.643. The standard InChI is InChI=1S/C10H14N2.ClH/c1-12-5-4-8-6-10(11)3-2-9(8)7-12;/h2-3,6H,4-5,7,11H2,1H3;1H. The predicted molar refractivity (Wildman–Crippen MR) is 58.1 cm³/mol. The van der Waals surface area contributed by atoms with Gasteiger partial charge in [0.2, 0.25) is 0 Å². The Morgan fingerprint density at radius 1 is 1.31 bits per heavy atom. The maximum absolute atomic E-state index is 5.70. The van der Waals surface area contributed by atoms with Crippen molar-refractivity contribution >= 4 is 18.1 Å². The largest absolute Gasteiger partial charge is 0.399 e. The fraction of sp³-hybridized carbons (Fsp3) is 0.400. The van der Waals surface area contributed by atoms with Crippen LogP contribution in [-0.2, 0) is 13.0 Å². The SMILES string of the molecule is CN1CCc2cc(N)ccc2C1.Cl. The molecule has 0 aromatic heterocycles. The molecule has 0 fully saturated rings. The molecule has 0 amide bonds. The summed E-state index contributed by atoms with van der Waals surface area (Å²) in [5.41, 5.74) is 9.44. The van der Waals surface area contributed by atoms with Crippen molar-refractivity contribution in [3.63, 3.8) is 0 Å². The molecule has 1 aliphatic heterocycles. The van der Waals surface area contributed by atoms with E-state index < -0.39 is 0 Å². The van der Waals surface area contributed by atoms with Gasteiger partial charge in [-0.15, -0.1) is 12.4 Å². The van der Waals surface area contributed by atoms with Gasteiger partial charge in [0.05, 0.1) is 0 Å². The van der Waals surface area contributed by atoms with Crippen molar-refractivity contribution in [3.8, 4) is 0 Å². The smallest absolute Gasteiger partial charge is 0.0316 e. The van der Waals surface area contributed by atoms with E-state index in [1.807, 2.05) is 6.07 Å². The van der Waals surface area contributed by atoms with Crippen molar-refractivity contribution in [2.24, 2.45) is 0 Å². The van der Waals surface area contributed by atoms with E-state index in [2.05, 4.69) is 24.1 Å². The highest BCUT2D eigenvalue weighted by Crippen LogP contribution is 2.19. The maximum Gasteiger partial charge on any atom is 0.0316 e. The molecule has 0 unspecified atom stereocenters. The Morgan fingerprint density at radius 3 is 2.85 bits per heavy atom. The van der Waals surface area contributed by atoms with Crippen LogP contribution in [0.15, 0.2) is 18.2 Å². The van der Waals surface area contributed by atoms with Gasteiger partial charge in [-0.05, 0) is 36.7 Å². The normalized spacial score (nSPS) is 16.1. The van der Waals surface area contributed by atoms with Crippen molar-refractivity contribution in [3.05, 3.63) is 29.3 Å². The molecule has 3 heteroatoms. The van der Waals surface area contributed by atoms with Gasteiger partial charge in [0, 0.05) is 18.8 Å². The first-order chi connectivity index (χ1) is 5.75. The summed E-state index contributed by atoms with van der Waals surface area (Å²) in [7, 11) is 2.15. The third-order valence-corrected chi connectivity index (χ3v) is 2.43. The van der Waals surface area contributed by atoms with Crippen LogP contribution >= 0.6 is 12.4 Å². The molecule has 0 saturated carbocycles. The third-order valence-electron chi connectivity index (χ3n) is 2.43. The molecular weight excluding hydrogens is 184 g/mol. The van der Waals surface area contributed by atoms with Crippen LogP contribution in [0.2, 0.25) is 0 Å². The molecule has 13 heavy (non-hydrogen) atoms. The van der Waals surface area contributed by atoms with Gasteiger partial charge in [-0.1, -0.05) is 6.07 Å². The van der Waals surface area contributed by atoms with Crippen LogP contribution in [0, 0.1) is 0 Å². The molecule has 0 radical (unpaired) electrons. The molecule has 1 heterocycles. The van der Waals surface area contributed by atoms with E-state index in [0.29, 0.717) is 0 Å². The number of fused-ring (bicyclic) bond motifs is 1. The molecule has 0 spiro atoms. The summed E-state index contributed by atoms with van der Waals surface area (Å²) in [4.78, 5) is 2.33. The highest BCUT2D eigenvalue weighted by atomic mass is 35.5. The number of hydrogen-bond acceptors (Lipinski definition) is 2. The van der Waals surface area contributed by atoms with E-state index in [9.17, 15) is 0 Å². The minimum atomic E-state index is 0. The number of nitrogens with two attached hydrogens (primary N) is 1. The summed E-state index contributed by atoms with van der Waals surface area (Å²) in [5.74, 6) is 0. The van der Waals surface area contributed by atoms with E-state index in [1.54, 1.807) is 0 Å². The van der Waals surface area contributed by atoms with Crippen LogP contribution in [0.4, 0.5) is 5.69 Å². The average molecular weight is 199 g/mol. The zero-order valence-corrected chi connectivity index (χ0v) is 8.60. The van der Waals surface area contributed by atoms with E-state index in [1.165, 1.54) is 11.1 Å². The molecule has 0 atom stereocenters. The molecule has 0 aliphatic carbocycles. The van der Waals surface area contributed by atoms with E-state index >= 15 is 0 Å². The minimum Gasteiger partial charge on any atom is -0.399 e. The van der Waals surface area contributed by atoms with Crippen molar-refractivity contribution < 1.29 is 0 Å². The number of nitrogens with zero attached hydrogens (tertiary/aromatic N) is 1. The first-order valence-electron chi connectivity index (χ1n) is 4.31. The third kappa shape index (κ3) is 2.14. The van der Waals surface area contributed by atoms with Crippen molar-refractivity contribution in [2.45, 2.75) is 13.0 Å². The maximum atomic E-state index is 5.70. The van der Waals surface area contributed by atoms with Gasteiger partial charge in [0.25, 0.3) is 0 Å². The number of benzene rings is 1. The molecule has 0 saturated heterocycles. The number of halogens is 1. The Hall–Kier alpha value is -0.730. The Morgan fingerprint density at radius 2 is 2.08 bits per heavy atom. The highest BCUT2D eigenvalue weighted by molar-refractivity contribution is 5.85. The Bertz CT molecular complexity index is 299. The van der Waals surface area contributed by atoms with Gasteiger partial charge < -0.3 is 10.6 Å². The number of rotatable bonds is 0. The summed E-state index contributed by atoms with van der Waals surface area (Å²) >= 11 is 0. The molecule has 72 valence electrons. The van der Waals surface area contributed by atoms with Crippen LogP contribution in [-0.4, -0.2) is 18.5 Å². The fourth-order valence-electron chi connectivity index (χ4n) is 1.71. The first-order valence-corrected chi connectivity index (χ1v) is 4.31. The molecular formula is C10H15ClN2. The summed E-state index contributed by atoms with van der Waals surface area (Å²) < 4.78 is 0. The van der Waals surface area contributed by atoms with Crippen molar-refractivity contribution in [2.75, 3.05) is 19.3 Å². The first kappa shape index (κ1) is 10.4. The van der Waals surface area contributed by atoms with Crippen LogP contribution in [0.1, 0.15) is 11.1 Å². The number of nitrogen functional groups attached to an aromatic ring is 1. The van der Waals surface area contributed by atoms with Gasteiger partial charge in [-0.25, -0.2) is 0 Å². The highest BCUT2D eigenvalue weighted by Gasteiger charge is 2.11. The Labute approximate surface area is 85.1 Å². The molecule has 0 bridgehead atoms. The van der Waals surface area contributed by atoms with Crippen molar-refractivity contribution in [1.29, 1.82) is 0 Å². The number of likely N-dealkylation sites (N-methyl/N-ethyl adjacent to an activating group) is 1. The fourth-order valence-corrected chi connectivity index (χ4v) is 1.71. The van der Waals surface area contributed by atoms with Crippen LogP contribution < -0.4 is 5.73 Å².